The summed E-state index contributed by atoms with van der Waals surface area (Å²) >= 11 is 0. The molecule has 2 aromatic rings. The Hall–Kier alpha value is -3.06. The number of amides is 1. The maximum Gasteiger partial charge on any atom is 0.411 e. The molecule has 0 aliphatic heterocycles. The first kappa shape index (κ1) is 22.2. The number of methoxy groups -OCH3 is 1. The van der Waals surface area contributed by atoms with E-state index in [1.807, 2.05) is 25.1 Å². The van der Waals surface area contributed by atoms with Crippen LogP contribution in [0.15, 0.2) is 42.5 Å². The summed E-state index contributed by atoms with van der Waals surface area (Å²) in [6.07, 6.45) is -1.42. The fraction of sp³-hybridized carbons (Fsp3) is 0.364. The van der Waals surface area contributed by atoms with Crippen molar-refractivity contribution in [2.75, 3.05) is 12.4 Å². The molecule has 156 valence electrons. The summed E-state index contributed by atoms with van der Waals surface area (Å²) in [5.41, 5.74) is 3.18. The molecule has 2 rings (SSSR count). The van der Waals surface area contributed by atoms with Crippen LogP contribution in [0.2, 0.25) is 0 Å². The third-order valence-corrected chi connectivity index (χ3v) is 4.16. The van der Waals surface area contributed by atoms with Crippen molar-refractivity contribution >= 4 is 17.7 Å². The van der Waals surface area contributed by atoms with Gasteiger partial charge in [0.1, 0.15) is 12.4 Å². The van der Waals surface area contributed by atoms with E-state index < -0.39 is 18.2 Å². The molecule has 0 aromatic heterocycles. The van der Waals surface area contributed by atoms with Crippen molar-refractivity contribution in [3.05, 3.63) is 59.2 Å². The average Bonchev–Trinajstić information content (AvgIpc) is 2.67. The number of carboxylic acids is 1. The number of hydrogen-bond donors (Lipinski definition) is 2. The van der Waals surface area contributed by atoms with Crippen LogP contribution in [0.4, 0.5) is 10.5 Å². The Morgan fingerprint density at radius 1 is 1.07 bits per heavy atom. The molecule has 0 fully saturated rings. The largest absolute Gasteiger partial charge is 0.496 e. The van der Waals surface area contributed by atoms with Crippen molar-refractivity contribution in [1.82, 2.24) is 0 Å². The van der Waals surface area contributed by atoms with Gasteiger partial charge in [-0.3, -0.25) is 5.32 Å². The van der Waals surface area contributed by atoms with Crippen LogP contribution in [0.25, 0.3) is 0 Å². The Morgan fingerprint density at radius 3 is 2.28 bits per heavy atom. The molecule has 0 heterocycles. The van der Waals surface area contributed by atoms with Crippen molar-refractivity contribution < 1.29 is 28.9 Å². The first-order valence-corrected chi connectivity index (χ1v) is 9.33. The summed E-state index contributed by atoms with van der Waals surface area (Å²) in [6, 6.07) is 12.5. The van der Waals surface area contributed by atoms with E-state index in [0.29, 0.717) is 5.69 Å². The lowest BCUT2D eigenvalue weighted by molar-refractivity contribution is -0.153. The summed E-state index contributed by atoms with van der Waals surface area (Å²) in [6.45, 7) is 5.65. The average molecular weight is 401 g/mol. The van der Waals surface area contributed by atoms with Crippen molar-refractivity contribution in [1.29, 1.82) is 0 Å². The molecule has 1 atom stereocenters. The molecular weight excluding hydrogens is 374 g/mol. The molecule has 0 aliphatic carbocycles. The molecule has 2 aromatic carbocycles. The molecule has 2 N–H and O–H groups in total. The molecule has 0 saturated carbocycles. The van der Waals surface area contributed by atoms with Crippen LogP contribution < -0.4 is 10.1 Å². The molecule has 0 saturated heterocycles. The normalized spacial score (nSPS) is 11.8. The van der Waals surface area contributed by atoms with Crippen LogP contribution in [0.5, 0.6) is 5.75 Å². The van der Waals surface area contributed by atoms with E-state index in [1.165, 1.54) is 0 Å². The topological polar surface area (TPSA) is 94.1 Å². The zero-order chi connectivity index (χ0) is 21.4. The molecule has 1 amide bonds. The van der Waals surface area contributed by atoms with E-state index in [9.17, 15) is 14.7 Å². The second-order valence-corrected chi connectivity index (χ2v) is 6.92. The molecule has 0 radical (unpaired) electrons. The van der Waals surface area contributed by atoms with Crippen LogP contribution in [-0.2, 0) is 27.3 Å². The quantitative estimate of drug-likeness (QED) is 0.655. The van der Waals surface area contributed by atoms with Gasteiger partial charge >= 0.3 is 12.1 Å². The lowest BCUT2D eigenvalue weighted by atomic mass is 10.1. The molecule has 7 nitrogen and oxygen atoms in total. The molecule has 29 heavy (non-hydrogen) atoms. The zero-order valence-corrected chi connectivity index (χ0v) is 17.1. The Bertz CT molecular complexity index is 832. The van der Waals surface area contributed by atoms with Crippen molar-refractivity contribution in [2.45, 2.75) is 46.0 Å². The number of nitrogens with one attached hydrogen (secondary N) is 1. The fourth-order valence-corrected chi connectivity index (χ4v) is 2.79. The summed E-state index contributed by atoms with van der Waals surface area (Å²) in [7, 11) is 1.61. The molecular formula is C22H27NO6. The minimum atomic E-state index is -1.00. The van der Waals surface area contributed by atoms with Crippen molar-refractivity contribution in [2.24, 2.45) is 0 Å². The minimum absolute atomic E-state index is 0.140. The third-order valence-electron chi connectivity index (χ3n) is 4.16. The van der Waals surface area contributed by atoms with E-state index in [4.69, 9.17) is 14.2 Å². The van der Waals surface area contributed by atoms with Gasteiger partial charge in [-0.15, -0.1) is 0 Å². The highest BCUT2D eigenvalue weighted by Gasteiger charge is 2.20. The van der Waals surface area contributed by atoms with Crippen LogP contribution >= 0.6 is 0 Å². The van der Waals surface area contributed by atoms with Gasteiger partial charge in [-0.25, -0.2) is 9.59 Å². The van der Waals surface area contributed by atoms with E-state index in [-0.39, 0.29) is 19.1 Å². The minimum Gasteiger partial charge on any atom is -0.496 e. The van der Waals surface area contributed by atoms with E-state index in [0.717, 1.165) is 22.4 Å². The zero-order valence-electron chi connectivity index (χ0n) is 17.1. The van der Waals surface area contributed by atoms with Gasteiger partial charge in [-0.2, -0.15) is 0 Å². The number of carbonyl (C=O) groups excluding carboxylic acids is 1. The van der Waals surface area contributed by atoms with Gasteiger partial charge in [0.2, 0.25) is 0 Å². The second-order valence-electron chi connectivity index (χ2n) is 6.92. The van der Waals surface area contributed by atoms with Gasteiger partial charge < -0.3 is 19.3 Å². The predicted octanol–water partition coefficient (Wildman–Crippen LogP) is 4.17. The standard InChI is InChI=1S/C22H27NO6/c1-14(2)29-20(21(24)25)12-16-5-8-18(9-6-16)23-22(26)28-13-17-7-10-19(27-4)15(3)11-17/h5-11,14,20H,12-13H2,1-4H3,(H,23,26)(H,24,25). The van der Waals surface area contributed by atoms with E-state index >= 15 is 0 Å². The van der Waals surface area contributed by atoms with Crippen LogP contribution in [0.3, 0.4) is 0 Å². The number of ether oxygens (including phenoxy) is 3. The molecule has 1 unspecified atom stereocenters. The van der Waals surface area contributed by atoms with Gasteiger partial charge in [0, 0.05) is 12.1 Å². The van der Waals surface area contributed by atoms with Gasteiger partial charge in [0.05, 0.1) is 13.2 Å². The number of anilines is 1. The lowest BCUT2D eigenvalue weighted by Gasteiger charge is -2.16. The maximum absolute atomic E-state index is 12.0. The fourth-order valence-electron chi connectivity index (χ4n) is 2.79. The number of aryl methyl sites for hydroxylation is 1. The molecule has 0 aliphatic rings. The lowest BCUT2D eigenvalue weighted by Crippen LogP contribution is -2.29. The first-order chi connectivity index (χ1) is 13.8. The first-order valence-electron chi connectivity index (χ1n) is 9.33. The molecule has 7 heteroatoms. The van der Waals surface area contributed by atoms with Crippen molar-refractivity contribution in [3.63, 3.8) is 0 Å². The monoisotopic (exact) mass is 401 g/mol. The van der Waals surface area contributed by atoms with E-state index in [1.54, 1.807) is 45.2 Å². The van der Waals surface area contributed by atoms with Gasteiger partial charge in [0.25, 0.3) is 0 Å². The summed E-state index contributed by atoms with van der Waals surface area (Å²) < 4.78 is 15.9. The summed E-state index contributed by atoms with van der Waals surface area (Å²) in [5, 5.41) is 11.9. The predicted molar refractivity (Wildman–Crippen MR) is 109 cm³/mol. The number of benzene rings is 2. The number of carbonyl (C=O) groups is 2. The van der Waals surface area contributed by atoms with Gasteiger partial charge in [-0.1, -0.05) is 18.2 Å². The number of carboxylic acid groups (broad SMARTS) is 1. The van der Waals surface area contributed by atoms with Gasteiger partial charge in [-0.05, 0) is 61.7 Å². The Kier molecular flexibility index (Phi) is 8.03. The Balaban J connectivity index is 1.87. The molecule has 0 bridgehead atoms. The number of rotatable bonds is 9. The highest BCUT2D eigenvalue weighted by molar-refractivity contribution is 5.84. The summed E-state index contributed by atoms with van der Waals surface area (Å²) in [5.74, 6) is -0.222. The molecule has 0 spiro atoms. The van der Waals surface area contributed by atoms with Gasteiger partial charge in [0.15, 0.2) is 6.10 Å². The summed E-state index contributed by atoms with van der Waals surface area (Å²) in [4.78, 5) is 23.3. The van der Waals surface area contributed by atoms with Crippen molar-refractivity contribution in [3.8, 4) is 5.75 Å². The van der Waals surface area contributed by atoms with E-state index in [2.05, 4.69) is 5.32 Å². The maximum atomic E-state index is 12.0. The SMILES string of the molecule is COc1ccc(COC(=O)Nc2ccc(CC(OC(C)C)C(=O)O)cc2)cc1C. The Labute approximate surface area is 170 Å². The third kappa shape index (κ3) is 7.12. The van der Waals surface area contributed by atoms with Crippen LogP contribution in [-0.4, -0.2) is 36.5 Å². The highest BCUT2D eigenvalue weighted by atomic mass is 16.5. The highest BCUT2D eigenvalue weighted by Crippen LogP contribution is 2.19. The number of aliphatic carboxylic acids is 1. The second kappa shape index (κ2) is 10.5. The van der Waals surface area contributed by atoms with Crippen LogP contribution in [0, 0.1) is 6.92 Å². The smallest absolute Gasteiger partial charge is 0.411 e. The van der Waals surface area contributed by atoms with Crippen LogP contribution in [0.1, 0.15) is 30.5 Å². The number of hydrogen-bond acceptors (Lipinski definition) is 5. The Morgan fingerprint density at radius 2 is 1.72 bits per heavy atom.